The predicted octanol–water partition coefficient (Wildman–Crippen LogP) is -0.967. The van der Waals surface area contributed by atoms with Gasteiger partial charge in [0.2, 0.25) is 12.7 Å². The number of rotatable bonds is 5. The lowest BCUT2D eigenvalue weighted by Crippen LogP contribution is -2.23. The van der Waals surface area contributed by atoms with Crippen molar-refractivity contribution in [3.63, 3.8) is 0 Å². The fourth-order valence-corrected chi connectivity index (χ4v) is 1.63. The van der Waals surface area contributed by atoms with Crippen molar-refractivity contribution in [2.45, 2.75) is 25.9 Å². The predicted molar refractivity (Wildman–Crippen MR) is 85.6 cm³/mol. The van der Waals surface area contributed by atoms with Crippen LogP contribution in [0.5, 0.6) is 0 Å². The zero-order valence-corrected chi connectivity index (χ0v) is 15.5. The van der Waals surface area contributed by atoms with Gasteiger partial charge in [-0.05, 0) is 0 Å². The molecule has 0 amide bonds. The van der Waals surface area contributed by atoms with Crippen molar-refractivity contribution in [3.05, 3.63) is 37.4 Å². The van der Waals surface area contributed by atoms with Crippen molar-refractivity contribution in [3.8, 4) is 12.1 Å². The number of nitrogens with zero attached hydrogens (tertiary/aromatic N) is 6. The van der Waals surface area contributed by atoms with Crippen LogP contribution in [0.3, 0.4) is 0 Å². The summed E-state index contributed by atoms with van der Waals surface area (Å²) in [5, 5.41) is 16.5. The van der Waals surface area contributed by atoms with E-state index in [4.69, 9.17) is 10.5 Å². The number of aryl methyl sites for hydroxylation is 4. The first-order valence-corrected chi connectivity index (χ1v) is 8.46. The van der Waals surface area contributed by atoms with Crippen molar-refractivity contribution >= 4 is 8.60 Å². The number of imidazole rings is 2. The smallest absolute Gasteiger partial charge is 0.243 e. The van der Waals surface area contributed by atoms with Crippen LogP contribution in [0.2, 0.25) is 0 Å². The second-order valence-corrected chi connectivity index (χ2v) is 5.67. The Labute approximate surface area is 149 Å². The second-order valence-electron chi connectivity index (χ2n) is 4.86. The quantitative estimate of drug-likeness (QED) is 0.498. The molecule has 136 valence electrons. The molecule has 9 nitrogen and oxygen atoms in total. The molecular weight excluding hydrogens is 343 g/mol. The SMILES string of the molecule is COP([O-])[O-].C[n+]1ccn(CCC#N)c1.C[n+]1ccn(CCC#N)c1. The molecule has 25 heavy (non-hydrogen) atoms. The van der Waals surface area contributed by atoms with Crippen LogP contribution in [0, 0.1) is 22.7 Å². The van der Waals surface area contributed by atoms with Crippen LogP contribution in [0.4, 0.5) is 0 Å². The zero-order valence-electron chi connectivity index (χ0n) is 14.6. The van der Waals surface area contributed by atoms with Crippen molar-refractivity contribution in [2.75, 3.05) is 7.11 Å². The molecule has 0 aliphatic carbocycles. The van der Waals surface area contributed by atoms with Crippen LogP contribution < -0.4 is 18.9 Å². The minimum atomic E-state index is -2.60. The number of hydrogen-bond acceptors (Lipinski definition) is 5. The Morgan fingerprint density at radius 2 is 1.32 bits per heavy atom. The summed E-state index contributed by atoms with van der Waals surface area (Å²) in [6.45, 7) is 1.58. The largest absolute Gasteiger partial charge is 0.820 e. The first kappa shape index (κ1) is 22.7. The fraction of sp³-hybridized carbons (Fsp3) is 0.467. The maximum absolute atomic E-state index is 9.18. The molecule has 0 fully saturated rings. The van der Waals surface area contributed by atoms with Gasteiger partial charge in [0.15, 0.2) is 0 Å². The van der Waals surface area contributed by atoms with Gasteiger partial charge in [-0.2, -0.15) is 19.1 Å². The van der Waals surface area contributed by atoms with E-state index in [2.05, 4.69) is 16.7 Å². The first-order chi connectivity index (χ1) is 11.9. The Balaban J connectivity index is 0.000000368. The molecule has 0 bridgehead atoms. The van der Waals surface area contributed by atoms with Crippen molar-refractivity contribution in [1.29, 1.82) is 10.5 Å². The van der Waals surface area contributed by atoms with E-state index >= 15 is 0 Å². The molecule has 0 N–H and O–H groups in total. The van der Waals surface area contributed by atoms with Crippen molar-refractivity contribution in [2.24, 2.45) is 14.1 Å². The maximum Gasteiger partial charge on any atom is 0.243 e. The monoisotopic (exact) mass is 366 g/mol. The van der Waals surface area contributed by atoms with E-state index in [0.717, 1.165) is 20.2 Å². The molecule has 2 aromatic heterocycles. The van der Waals surface area contributed by atoms with Gasteiger partial charge in [0.25, 0.3) is 0 Å². The summed E-state index contributed by atoms with van der Waals surface area (Å²) in [7, 11) is 2.43. The normalized spacial score (nSPS) is 9.28. The van der Waals surface area contributed by atoms with E-state index in [1.807, 2.05) is 69.8 Å². The molecule has 0 radical (unpaired) electrons. The minimum Gasteiger partial charge on any atom is -0.820 e. The molecular formula is C15H23N6O3P. The summed E-state index contributed by atoms with van der Waals surface area (Å²) in [6, 6.07) is 4.19. The topological polar surface area (TPSA) is 121 Å². The summed E-state index contributed by atoms with van der Waals surface area (Å²) >= 11 is 0. The highest BCUT2D eigenvalue weighted by Gasteiger charge is 1.97. The Hall–Kier alpha value is -2.29. The van der Waals surface area contributed by atoms with Crippen molar-refractivity contribution < 1.29 is 23.4 Å². The van der Waals surface area contributed by atoms with Gasteiger partial charge in [-0.25, -0.2) is 18.3 Å². The van der Waals surface area contributed by atoms with Crippen molar-refractivity contribution in [1.82, 2.24) is 9.13 Å². The minimum absolute atomic E-state index is 0.578. The van der Waals surface area contributed by atoms with Gasteiger partial charge in [0.1, 0.15) is 37.9 Å². The van der Waals surface area contributed by atoms with Gasteiger partial charge in [-0.1, -0.05) is 0 Å². The van der Waals surface area contributed by atoms with Gasteiger partial charge in [0.05, 0.1) is 39.1 Å². The summed E-state index contributed by atoms with van der Waals surface area (Å²) in [6.07, 6.45) is 12.9. The molecule has 0 saturated heterocycles. The highest BCUT2D eigenvalue weighted by molar-refractivity contribution is 7.36. The van der Waals surface area contributed by atoms with E-state index in [1.165, 1.54) is 0 Å². The van der Waals surface area contributed by atoms with Crippen LogP contribution in [0.1, 0.15) is 12.8 Å². The third-order valence-corrected chi connectivity index (χ3v) is 3.06. The lowest BCUT2D eigenvalue weighted by molar-refractivity contribution is -0.671. The molecule has 2 heterocycles. The Bertz CT molecular complexity index is 617. The first-order valence-electron chi connectivity index (χ1n) is 7.37. The molecule has 0 aliphatic heterocycles. The standard InChI is InChI=1S/2C7H10N3.CH3O3P/c2*1-9-5-6-10(7-9)4-2-3-8;1-4-5(2)3/h2*5-7H,2,4H2,1H3;1H3/q2*+1;-2. The lowest BCUT2D eigenvalue weighted by atomic mass is 10.5. The number of aromatic nitrogens is 4. The molecule has 0 aliphatic rings. The van der Waals surface area contributed by atoms with E-state index in [1.54, 1.807) is 0 Å². The average Bonchev–Trinajstić information content (AvgIpc) is 3.20. The zero-order chi connectivity index (χ0) is 19.1. The highest BCUT2D eigenvalue weighted by Crippen LogP contribution is 2.07. The van der Waals surface area contributed by atoms with Gasteiger partial charge in [-0.15, -0.1) is 0 Å². The van der Waals surface area contributed by atoms with Gasteiger partial charge < -0.3 is 14.3 Å². The van der Waals surface area contributed by atoms with Crippen LogP contribution >= 0.6 is 8.60 Å². The van der Waals surface area contributed by atoms with Gasteiger partial charge >= 0.3 is 0 Å². The highest BCUT2D eigenvalue weighted by atomic mass is 31.2. The van der Waals surface area contributed by atoms with Crippen LogP contribution in [-0.2, 0) is 31.7 Å². The molecule has 2 aromatic rings. The number of nitriles is 2. The van der Waals surface area contributed by atoms with E-state index < -0.39 is 8.60 Å². The molecule has 0 saturated carbocycles. The van der Waals surface area contributed by atoms with Crippen LogP contribution in [-0.4, -0.2) is 16.2 Å². The van der Waals surface area contributed by atoms with E-state index in [9.17, 15) is 9.79 Å². The van der Waals surface area contributed by atoms with Gasteiger partial charge in [-0.3, -0.25) is 0 Å². The van der Waals surface area contributed by atoms with Gasteiger partial charge in [0, 0.05) is 7.11 Å². The lowest BCUT2D eigenvalue weighted by Gasteiger charge is -2.25. The molecule has 0 spiro atoms. The number of hydrogen-bond donors (Lipinski definition) is 0. The Kier molecular flexibility index (Phi) is 12.8. The Morgan fingerprint density at radius 3 is 1.52 bits per heavy atom. The van der Waals surface area contributed by atoms with E-state index in [-0.39, 0.29) is 0 Å². The third kappa shape index (κ3) is 12.8. The third-order valence-electron chi connectivity index (χ3n) is 2.76. The summed E-state index contributed by atoms with van der Waals surface area (Å²) in [5.41, 5.74) is 0. The van der Waals surface area contributed by atoms with E-state index in [0.29, 0.717) is 12.8 Å². The molecule has 0 aromatic carbocycles. The molecule has 2 rings (SSSR count). The fourth-order valence-electron chi connectivity index (χ4n) is 1.63. The maximum atomic E-state index is 9.18. The summed E-state index contributed by atoms with van der Waals surface area (Å²) in [5.74, 6) is 0. The second kappa shape index (κ2) is 14.1. The van der Waals surface area contributed by atoms with Crippen LogP contribution in [0.25, 0.3) is 0 Å². The average molecular weight is 366 g/mol. The molecule has 0 atom stereocenters. The molecule has 0 unspecified atom stereocenters. The Morgan fingerprint density at radius 1 is 0.960 bits per heavy atom. The molecule has 10 heteroatoms. The summed E-state index contributed by atoms with van der Waals surface area (Å²) < 4.78 is 11.6. The summed E-state index contributed by atoms with van der Waals surface area (Å²) in [4.78, 5) is 18.4. The van der Waals surface area contributed by atoms with Crippen LogP contribution in [0.15, 0.2) is 37.4 Å².